The lowest BCUT2D eigenvalue weighted by Gasteiger charge is -1.92. The average Bonchev–Trinajstić information content (AvgIpc) is 1.68. The molecule has 0 saturated heterocycles. The Hall–Kier alpha value is -0.600. The molecule has 8 heavy (non-hydrogen) atoms. The molecule has 0 heterocycles. The summed E-state index contributed by atoms with van der Waals surface area (Å²) in [4.78, 5) is 0. The Labute approximate surface area is 49.7 Å². The molecule has 0 fully saturated rings. The largest absolute Gasteiger partial charge is 0.178 e. The van der Waals surface area contributed by atoms with Crippen molar-refractivity contribution >= 4 is 0 Å². The van der Waals surface area contributed by atoms with Gasteiger partial charge in [-0.3, -0.25) is 0 Å². The highest BCUT2D eigenvalue weighted by Gasteiger charge is 2.02. The molecule has 0 aliphatic heterocycles. The van der Waals surface area contributed by atoms with E-state index >= 15 is 0 Å². The summed E-state index contributed by atoms with van der Waals surface area (Å²) in [5.41, 5.74) is 0. The molecule has 0 saturated carbocycles. The van der Waals surface area contributed by atoms with Gasteiger partial charge in [0.05, 0.1) is 0 Å². The molecule has 2 heteroatoms. The third-order valence-electron chi connectivity index (χ3n) is 0.680. The molecule has 1 radical (unpaired) electrons. The summed E-state index contributed by atoms with van der Waals surface area (Å²) in [5, 5.41) is 9.86. The van der Waals surface area contributed by atoms with Gasteiger partial charge in [-0.25, -0.2) is 0 Å². The van der Waals surface area contributed by atoms with Gasteiger partial charge in [0.15, 0.2) is 13.1 Å². The molecule has 0 spiro atoms. The fraction of sp³-hybridized carbons (Fsp3) is 0.333. The van der Waals surface area contributed by atoms with E-state index in [1.165, 1.54) is 0 Å². The van der Waals surface area contributed by atoms with Crippen LogP contribution < -0.4 is 5.06 Å². The van der Waals surface area contributed by atoms with E-state index in [0.29, 0.717) is 13.1 Å². The van der Waals surface area contributed by atoms with Crippen LogP contribution in [0.2, 0.25) is 0 Å². The Morgan fingerprint density at radius 3 is 1.88 bits per heavy atom. The van der Waals surface area contributed by atoms with Gasteiger partial charge in [0.25, 0.3) is 0 Å². The van der Waals surface area contributed by atoms with Gasteiger partial charge in [0.2, 0.25) is 0 Å². The van der Waals surface area contributed by atoms with Crippen LogP contribution in [-0.4, -0.2) is 18.3 Å². The van der Waals surface area contributed by atoms with Gasteiger partial charge in [-0.2, -0.15) is 5.21 Å². The second-order valence-electron chi connectivity index (χ2n) is 1.45. The van der Waals surface area contributed by atoms with Crippen LogP contribution >= 0.6 is 0 Å². The third kappa shape index (κ3) is 3.59. The van der Waals surface area contributed by atoms with Crippen LogP contribution in [0.3, 0.4) is 0 Å². The minimum absolute atomic E-state index is 0.492. The molecule has 0 aromatic rings. The maximum Gasteiger partial charge on any atom is 0.178 e. The lowest BCUT2D eigenvalue weighted by atomic mass is 10.5. The molecular formula is C6H11NO+. The summed E-state index contributed by atoms with van der Waals surface area (Å²) in [5.74, 6) is 0. The van der Waals surface area contributed by atoms with Crippen LogP contribution in [0.5, 0.6) is 0 Å². The van der Waals surface area contributed by atoms with Crippen LogP contribution in [0.15, 0.2) is 25.3 Å². The summed E-state index contributed by atoms with van der Waals surface area (Å²) in [6.07, 6.45) is 3.26. The fourth-order valence-corrected chi connectivity index (χ4v) is 0.373. The highest BCUT2D eigenvalue weighted by molar-refractivity contribution is 4.77. The van der Waals surface area contributed by atoms with Crippen molar-refractivity contribution in [1.29, 1.82) is 0 Å². The maximum absolute atomic E-state index is 8.74. The SMILES string of the molecule is C=CC[N+](O)CC=C. The lowest BCUT2D eigenvalue weighted by molar-refractivity contribution is 0.0371. The zero-order valence-corrected chi connectivity index (χ0v) is 4.88. The van der Waals surface area contributed by atoms with Gasteiger partial charge in [0, 0.05) is 0 Å². The molecule has 2 nitrogen and oxygen atoms in total. The standard InChI is InChI=1S/C6H11NO/c1-3-5-7(8)6-4-2/h3-4,8H,1-2,5-6H2/q+1. The van der Waals surface area contributed by atoms with E-state index in [2.05, 4.69) is 13.2 Å². The normalized spacial score (nSPS) is 9.25. The number of nitrogens with zero attached hydrogens (tertiary/aromatic N) is 1. The van der Waals surface area contributed by atoms with Gasteiger partial charge in [-0.15, -0.1) is 0 Å². The average molecular weight is 113 g/mol. The zero-order chi connectivity index (χ0) is 6.41. The monoisotopic (exact) mass is 113 g/mol. The van der Waals surface area contributed by atoms with Crippen LogP contribution in [0.1, 0.15) is 0 Å². The van der Waals surface area contributed by atoms with Crippen molar-refractivity contribution in [3.63, 3.8) is 0 Å². The fourth-order valence-electron chi connectivity index (χ4n) is 0.373. The molecule has 0 aromatic heterocycles. The number of hydroxylamine groups is 2. The molecule has 0 atom stereocenters. The van der Waals surface area contributed by atoms with Crippen molar-refractivity contribution in [3.05, 3.63) is 25.3 Å². The molecule has 0 bridgehead atoms. The Morgan fingerprint density at radius 2 is 1.62 bits per heavy atom. The topological polar surface area (TPSA) is 26.1 Å². The first-order valence-electron chi connectivity index (χ1n) is 2.47. The Kier molecular flexibility index (Phi) is 4.21. The first-order chi connectivity index (χ1) is 3.81. The van der Waals surface area contributed by atoms with Crippen molar-refractivity contribution in [2.45, 2.75) is 0 Å². The van der Waals surface area contributed by atoms with E-state index < -0.39 is 0 Å². The number of rotatable bonds is 4. The van der Waals surface area contributed by atoms with Crippen molar-refractivity contribution < 1.29 is 5.21 Å². The molecule has 0 aromatic carbocycles. The van der Waals surface area contributed by atoms with Crippen LogP contribution in [-0.2, 0) is 0 Å². The second-order valence-corrected chi connectivity index (χ2v) is 1.45. The molecular weight excluding hydrogens is 102 g/mol. The van der Waals surface area contributed by atoms with E-state index in [1.54, 1.807) is 12.2 Å². The van der Waals surface area contributed by atoms with Crippen LogP contribution in [0.25, 0.3) is 0 Å². The summed E-state index contributed by atoms with van der Waals surface area (Å²) in [6.45, 7) is 7.88. The molecule has 1 N–H and O–H groups in total. The van der Waals surface area contributed by atoms with Crippen molar-refractivity contribution in [3.8, 4) is 0 Å². The second kappa shape index (κ2) is 4.56. The van der Waals surface area contributed by atoms with Crippen LogP contribution in [0.4, 0.5) is 0 Å². The lowest BCUT2D eigenvalue weighted by Crippen LogP contribution is -2.25. The van der Waals surface area contributed by atoms with Crippen LogP contribution in [0, 0.1) is 0 Å². The number of hydrogen-bond donors (Lipinski definition) is 1. The first-order valence-corrected chi connectivity index (χ1v) is 2.47. The maximum atomic E-state index is 8.74. The summed E-state index contributed by atoms with van der Waals surface area (Å²) >= 11 is 0. The van der Waals surface area contributed by atoms with E-state index in [1.807, 2.05) is 0 Å². The molecule has 0 aliphatic rings. The van der Waals surface area contributed by atoms with Gasteiger partial charge in [-0.1, -0.05) is 13.2 Å². The molecule has 0 aliphatic carbocycles. The van der Waals surface area contributed by atoms with E-state index in [-0.39, 0.29) is 0 Å². The molecule has 0 unspecified atom stereocenters. The van der Waals surface area contributed by atoms with Crippen molar-refractivity contribution in [2.24, 2.45) is 0 Å². The Morgan fingerprint density at radius 1 is 1.25 bits per heavy atom. The Bertz CT molecular complexity index is 70.6. The minimum atomic E-state index is 0.492. The van der Waals surface area contributed by atoms with E-state index in [9.17, 15) is 0 Å². The smallest absolute Gasteiger partial charge is 0.162 e. The summed E-state index contributed by atoms with van der Waals surface area (Å²) in [7, 11) is 0. The molecule has 45 valence electrons. The van der Waals surface area contributed by atoms with E-state index in [0.717, 1.165) is 5.06 Å². The van der Waals surface area contributed by atoms with Crippen molar-refractivity contribution in [1.82, 2.24) is 5.06 Å². The highest BCUT2D eigenvalue weighted by Crippen LogP contribution is 1.74. The quantitative estimate of drug-likeness (QED) is 0.327. The van der Waals surface area contributed by atoms with E-state index in [4.69, 9.17) is 5.21 Å². The van der Waals surface area contributed by atoms with Gasteiger partial charge < -0.3 is 0 Å². The third-order valence-corrected chi connectivity index (χ3v) is 0.680. The van der Waals surface area contributed by atoms with Crippen molar-refractivity contribution in [2.75, 3.05) is 13.1 Å². The Balaban J connectivity index is 3.16. The molecule has 0 rings (SSSR count). The zero-order valence-electron chi connectivity index (χ0n) is 4.88. The molecule has 0 amide bonds. The van der Waals surface area contributed by atoms with Gasteiger partial charge >= 0.3 is 0 Å². The highest BCUT2D eigenvalue weighted by atomic mass is 16.5. The predicted molar refractivity (Wildman–Crippen MR) is 34.0 cm³/mol. The first kappa shape index (κ1) is 7.40. The summed E-state index contributed by atoms with van der Waals surface area (Å²) < 4.78 is 0. The summed E-state index contributed by atoms with van der Waals surface area (Å²) in [6, 6.07) is 0. The van der Waals surface area contributed by atoms with Gasteiger partial charge in [-0.05, 0) is 17.2 Å². The predicted octanol–water partition coefficient (Wildman–Crippen LogP) is 0.888. The number of hydrogen-bond acceptors (Lipinski definition) is 2. The van der Waals surface area contributed by atoms with Gasteiger partial charge in [0.1, 0.15) is 0 Å². The minimum Gasteiger partial charge on any atom is -0.162 e.